The zero-order chi connectivity index (χ0) is 15.6. The zero-order valence-electron chi connectivity index (χ0n) is 13.5. The molecule has 3 heteroatoms. The molecule has 21 heavy (non-hydrogen) atoms. The van der Waals surface area contributed by atoms with Crippen molar-refractivity contribution in [1.82, 2.24) is 5.43 Å². The number of unbranched alkanes of at least 4 members (excludes halogenated alkanes) is 7. The largest absolute Gasteiger partial charge is 0.294 e. The number of hydrogen-bond acceptors (Lipinski definition) is 2. The van der Waals surface area contributed by atoms with Gasteiger partial charge in [0.2, 0.25) is 5.91 Å². The lowest BCUT2D eigenvalue weighted by atomic mass is 10.1. The second-order valence-electron chi connectivity index (χ2n) is 5.26. The van der Waals surface area contributed by atoms with E-state index in [1.807, 2.05) is 0 Å². The van der Waals surface area contributed by atoms with Gasteiger partial charge in [0, 0.05) is 6.42 Å². The van der Waals surface area contributed by atoms with Crippen molar-refractivity contribution in [2.75, 3.05) is 0 Å². The Kier molecular flexibility index (Phi) is 15.6. The van der Waals surface area contributed by atoms with Crippen LogP contribution in [0.5, 0.6) is 0 Å². The van der Waals surface area contributed by atoms with Gasteiger partial charge in [-0.3, -0.25) is 10.2 Å². The molecule has 120 valence electrons. The molecule has 0 rings (SSSR count). The van der Waals surface area contributed by atoms with E-state index in [1.165, 1.54) is 38.5 Å². The van der Waals surface area contributed by atoms with E-state index in [-0.39, 0.29) is 5.91 Å². The molecule has 0 heterocycles. The summed E-state index contributed by atoms with van der Waals surface area (Å²) in [6.45, 7) is 2.21. The molecular formula is C18H32N2O. The molecule has 0 aliphatic heterocycles. The molecule has 0 aliphatic rings. The van der Waals surface area contributed by atoms with E-state index in [9.17, 15) is 4.79 Å². The van der Waals surface area contributed by atoms with Crippen molar-refractivity contribution in [2.45, 2.75) is 71.1 Å². The number of carbonyl (C=O) groups is 1. The summed E-state index contributed by atoms with van der Waals surface area (Å²) in [5, 5.41) is 0. The van der Waals surface area contributed by atoms with Crippen molar-refractivity contribution >= 4 is 5.91 Å². The van der Waals surface area contributed by atoms with Gasteiger partial charge >= 0.3 is 0 Å². The fraction of sp³-hybridized carbons (Fsp3) is 0.611. The summed E-state index contributed by atoms with van der Waals surface area (Å²) in [7, 11) is 0. The number of carbonyl (C=O) groups excluding carboxylic acids is 1. The smallest absolute Gasteiger partial charge is 0.233 e. The first-order valence-corrected chi connectivity index (χ1v) is 8.29. The minimum absolute atomic E-state index is 0.0616. The molecule has 3 N–H and O–H groups in total. The fourth-order valence-corrected chi connectivity index (χ4v) is 1.95. The van der Waals surface area contributed by atoms with Gasteiger partial charge in [-0.05, 0) is 25.7 Å². The number of nitrogens with two attached hydrogens (primary N) is 1. The molecule has 1 amide bonds. The molecule has 0 spiro atoms. The Morgan fingerprint density at radius 3 is 2.05 bits per heavy atom. The zero-order valence-corrected chi connectivity index (χ0v) is 13.5. The molecule has 0 atom stereocenters. The highest BCUT2D eigenvalue weighted by Crippen LogP contribution is 2.07. The molecule has 0 aromatic rings. The third-order valence-electron chi connectivity index (χ3n) is 3.27. The SMILES string of the molecule is CCCCC=CC=CC=CCCCCCCCC(=O)NN. The van der Waals surface area contributed by atoms with Crippen LogP contribution in [0.25, 0.3) is 0 Å². The molecule has 0 aromatic heterocycles. The van der Waals surface area contributed by atoms with E-state index in [0.29, 0.717) is 6.42 Å². The third-order valence-corrected chi connectivity index (χ3v) is 3.27. The van der Waals surface area contributed by atoms with E-state index in [4.69, 9.17) is 5.84 Å². The summed E-state index contributed by atoms with van der Waals surface area (Å²) in [5.41, 5.74) is 2.16. The van der Waals surface area contributed by atoms with Gasteiger partial charge in [-0.1, -0.05) is 75.5 Å². The van der Waals surface area contributed by atoms with Gasteiger partial charge in [-0.25, -0.2) is 5.84 Å². The summed E-state index contributed by atoms with van der Waals surface area (Å²) >= 11 is 0. The molecular weight excluding hydrogens is 260 g/mol. The first kappa shape index (κ1) is 19.7. The maximum absolute atomic E-state index is 10.9. The van der Waals surface area contributed by atoms with Crippen LogP contribution in [0.3, 0.4) is 0 Å². The summed E-state index contributed by atoms with van der Waals surface area (Å²) in [4.78, 5) is 10.9. The van der Waals surface area contributed by atoms with Crippen molar-refractivity contribution < 1.29 is 4.79 Å². The highest BCUT2D eigenvalue weighted by atomic mass is 16.2. The van der Waals surface area contributed by atoms with E-state index < -0.39 is 0 Å². The van der Waals surface area contributed by atoms with Crippen LogP contribution in [-0.2, 0) is 4.79 Å². The van der Waals surface area contributed by atoms with Crippen LogP contribution < -0.4 is 11.3 Å². The highest BCUT2D eigenvalue weighted by molar-refractivity contribution is 5.74. The van der Waals surface area contributed by atoms with Crippen LogP contribution in [0.15, 0.2) is 36.5 Å². The Morgan fingerprint density at radius 2 is 1.43 bits per heavy atom. The summed E-state index contributed by atoms with van der Waals surface area (Å²) in [5.74, 6) is 4.95. The molecule has 0 aliphatic carbocycles. The predicted molar refractivity (Wildman–Crippen MR) is 91.6 cm³/mol. The quantitative estimate of drug-likeness (QED) is 0.172. The minimum atomic E-state index is -0.0616. The highest BCUT2D eigenvalue weighted by Gasteiger charge is 1.96. The maximum Gasteiger partial charge on any atom is 0.233 e. The Labute approximate surface area is 130 Å². The lowest BCUT2D eigenvalue weighted by Crippen LogP contribution is -2.29. The van der Waals surface area contributed by atoms with Crippen LogP contribution in [0, 0.1) is 0 Å². The Balaban J connectivity index is 3.30. The number of hydrogen-bond donors (Lipinski definition) is 2. The first-order valence-electron chi connectivity index (χ1n) is 8.29. The fourth-order valence-electron chi connectivity index (χ4n) is 1.95. The van der Waals surface area contributed by atoms with Gasteiger partial charge < -0.3 is 0 Å². The number of hydrazine groups is 1. The topological polar surface area (TPSA) is 55.1 Å². The van der Waals surface area contributed by atoms with Crippen molar-refractivity contribution in [1.29, 1.82) is 0 Å². The lowest BCUT2D eigenvalue weighted by Gasteiger charge is -2.00. The van der Waals surface area contributed by atoms with Crippen LogP contribution in [0.2, 0.25) is 0 Å². The van der Waals surface area contributed by atoms with E-state index in [0.717, 1.165) is 19.3 Å². The van der Waals surface area contributed by atoms with Crippen LogP contribution >= 0.6 is 0 Å². The van der Waals surface area contributed by atoms with E-state index in [2.05, 4.69) is 48.8 Å². The van der Waals surface area contributed by atoms with Gasteiger partial charge in [-0.2, -0.15) is 0 Å². The maximum atomic E-state index is 10.9. The van der Waals surface area contributed by atoms with E-state index >= 15 is 0 Å². The van der Waals surface area contributed by atoms with Gasteiger partial charge in [0.1, 0.15) is 0 Å². The summed E-state index contributed by atoms with van der Waals surface area (Å²) in [6, 6.07) is 0. The van der Waals surface area contributed by atoms with Crippen molar-refractivity contribution in [2.24, 2.45) is 5.84 Å². The average molecular weight is 292 g/mol. The monoisotopic (exact) mass is 292 g/mol. The molecule has 0 aromatic carbocycles. The Bertz CT molecular complexity index is 319. The number of amides is 1. The van der Waals surface area contributed by atoms with Crippen LogP contribution in [-0.4, -0.2) is 5.91 Å². The van der Waals surface area contributed by atoms with Gasteiger partial charge in [0.15, 0.2) is 0 Å². The van der Waals surface area contributed by atoms with E-state index in [1.54, 1.807) is 0 Å². The molecule has 3 nitrogen and oxygen atoms in total. The molecule has 0 bridgehead atoms. The van der Waals surface area contributed by atoms with Crippen LogP contribution in [0.1, 0.15) is 71.1 Å². The average Bonchev–Trinajstić information content (AvgIpc) is 2.50. The molecule has 0 saturated heterocycles. The first-order chi connectivity index (χ1) is 10.3. The summed E-state index contributed by atoms with van der Waals surface area (Å²) < 4.78 is 0. The number of allylic oxidation sites excluding steroid dienone is 6. The van der Waals surface area contributed by atoms with Crippen molar-refractivity contribution in [3.8, 4) is 0 Å². The summed E-state index contributed by atoms with van der Waals surface area (Å²) in [6.07, 6.45) is 24.0. The lowest BCUT2D eigenvalue weighted by molar-refractivity contribution is -0.121. The Hall–Kier alpha value is -1.35. The van der Waals surface area contributed by atoms with Gasteiger partial charge in [-0.15, -0.1) is 0 Å². The Morgan fingerprint density at radius 1 is 0.857 bits per heavy atom. The van der Waals surface area contributed by atoms with Gasteiger partial charge in [0.05, 0.1) is 0 Å². The molecule has 0 saturated carbocycles. The standard InChI is InChI=1S/C18H32N2O/c1-2-3-4-5-6-7-8-9-10-11-12-13-14-15-16-17-18(21)20-19/h5-10H,2-4,11-17,19H2,1H3,(H,20,21). The second kappa shape index (κ2) is 16.7. The van der Waals surface area contributed by atoms with Gasteiger partial charge in [0.25, 0.3) is 0 Å². The van der Waals surface area contributed by atoms with Crippen LogP contribution in [0.4, 0.5) is 0 Å². The number of rotatable bonds is 13. The molecule has 0 radical (unpaired) electrons. The number of nitrogens with one attached hydrogen (secondary N) is 1. The minimum Gasteiger partial charge on any atom is -0.294 e. The molecule has 0 fully saturated rings. The second-order valence-corrected chi connectivity index (χ2v) is 5.26. The normalized spacial score (nSPS) is 11.9. The van der Waals surface area contributed by atoms with Crippen molar-refractivity contribution in [3.05, 3.63) is 36.5 Å². The molecule has 0 unspecified atom stereocenters. The third kappa shape index (κ3) is 16.6. The predicted octanol–water partition coefficient (Wildman–Crippen LogP) is 4.57. The van der Waals surface area contributed by atoms with Crippen molar-refractivity contribution in [3.63, 3.8) is 0 Å².